The Morgan fingerprint density at radius 2 is 1.73 bits per heavy atom. The third-order valence-corrected chi connectivity index (χ3v) is 6.47. The fourth-order valence-corrected chi connectivity index (χ4v) is 4.59. The number of piperidine rings is 1. The number of nitrogens with zero attached hydrogens (tertiary/aromatic N) is 3. The van der Waals surface area contributed by atoms with E-state index in [1.54, 1.807) is 7.11 Å². The van der Waals surface area contributed by atoms with Crippen molar-refractivity contribution in [3.05, 3.63) is 29.8 Å². The van der Waals surface area contributed by atoms with Gasteiger partial charge >= 0.3 is 6.03 Å². The molecular weight excluding hydrogens is 382 g/mol. The zero-order valence-corrected chi connectivity index (χ0v) is 18.6. The molecule has 1 aromatic rings. The molecule has 1 unspecified atom stereocenters. The Labute approximate surface area is 179 Å². The number of likely N-dealkylation sites (tertiary alicyclic amines) is 1. The van der Waals surface area contributed by atoms with Gasteiger partial charge in [0.05, 0.1) is 13.7 Å². The lowest BCUT2D eigenvalue weighted by atomic mass is 9.85. The number of amides is 3. The molecule has 0 bridgehead atoms. The summed E-state index contributed by atoms with van der Waals surface area (Å²) in [5, 5.41) is 9.49. The maximum absolute atomic E-state index is 13.5. The molecule has 0 saturated carbocycles. The van der Waals surface area contributed by atoms with E-state index < -0.39 is 5.54 Å². The molecule has 3 amide bonds. The summed E-state index contributed by atoms with van der Waals surface area (Å²) in [6.45, 7) is 8.52. The van der Waals surface area contributed by atoms with Gasteiger partial charge in [-0.3, -0.25) is 14.6 Å². The molecule has 1 spiro atoms. The Bertz CT molecular complexity index is 741. The van der Waals surface area contributed by atoms with Gasteiger partial charge in [0.1, 0.15) is 11.3 Å². The number of aliphatic hydroxyl groups is 1. The van der Waals surface area contributed by atoms with Crippen molar-refractivity contribution < 1.29 is 19.4 Å². The fraction of sp³-hybridized carbons (Fsp3) is 0.652. The monoisotopic (exact) mass is 417 g/mol. The predicted octanol–water partition coefficient (Wildman–Crippen LogP) is 2.37. The Morgan fingerprint density at radius 1 is 1.10 bits per heavy atom. The van der Waals surface area contributed by atoms with Gasteiger partial charge in [-0.25, -0.2) is 4.79 Å². The molecule has 2 saturated heterocycles. The zero-order valence-electron chi connectivity index (χ0n) is 18.6. The van der Waals surface area contributed by atoms with Gasteiger partial charge in [-0.1, -0.05) is 26.0 Å². The maximum atomic E-state index is 13.5. The number of benzene rings is 1. The molecule has 7 heteroatoms. The molecule has 1 aromatic carbocycles. The van der Waals surface area contributed by atoms with Gasteiger partial charge in [0, 0.05) is 32.2 Å². The first kappa shape index (κ1) is 22.6. The first-order chi connectivity index (χ1) is 14.3. The Balaban J connectivity index is 1.79. The summed E-state index contributed by atoms with van der Waals surface area (Å²) in [7, 11) is 1.64. The van der Waals surface area contributed by atoms with Crippen molar-refractivity contribution in [1.29, 1.82) is 0 Å². The third kappa shape index (κ3) is 4.32. The molecule has 0 aromatic heterocycles. The lowest BCUT2D eigenvalue weighted by Crippen LogP contribution is -2.58. The molecule has 0 aliphatic carbocycles. The van der Waals surface area contributed by atoms with Crippen LogP contribution in [-0.4, -0.2) is 83.2 Å². The van der Waals surface area contributed by atoms with Crippen LogP contribution in [0.25, 0.3) is 0 Å². The molecule has 2 aliphatic heterocycles. The van der Waals surface area contributed by atoms with E-state index in [9.17, 15) is 14.7 Å². The van der Waals surface area contributed by atoms with Crippen molar-refractivity contribution in [3.63, 3.8) is 0 Å². The summed E-state index contributed by atoms with van der Waals surface area (Å²) in [6.07, 6.45) is 1.91. The second-order valence-corrected chi connectivity index (χ2v) is 8.94. The first-order valence-electron chi connectivity index (χ1n) is 10.9. The molecule has 7 nitrogen and oxygen atoms in total. The van der Waals surface area contributed by atoms with Crippen molar-refractivity contribution >= 4 is 11.9 Å². The highest BCUT2D eigenvalue weighted by molar-refractivity contribution is 6.07. The Kier molecular flexibility index (Phi) is 7.03. The van der Waals surface area contributed by atoms with Crippen LogP contribution in [0, 0.1) is 5.92 Å². The second-order valence-electron chi connectivity index (χ2n) is 8.94. The lowest BCUT2D eigenvalue weighted by Gasteiger charge is -2.43. The molecule has 1 N–H and O–H groups in total. The summed E-state index contributed by atoms with van der Waals surface area (Å²) >= 11 is 0. The number of ether oxygens (including phenoxy) is 1. The number of carbonyl (C=O) groups is 2. The highest BCUT2D eigenvalue weighted by Crippen LogP contribution is 2.38. The predicted molar refractivity (Wildman–Crippen MR) is 115 cm³/mol. The van der Waals surface area contributed by atoms with Crippen LogP contribution in [0.5, 0.6) is 5.75 Å². The van der Waals surface area contributed by atoms with Crippen LogP contribution in [0.1, 0.15) is 39.2 Å². The van der Waals surface area contributed by atoms with Gasteiger partial charge < -0.3 is 14.7 Å². The van der Waals surface area contributed by atoms with Crippen molar-refractivity contribution in [2.75, 3.05) is 39.9 Å². The molecule has 2 heterocycles. The largest absolute Gasteiger partial charge is 0.497 e. The number of carbonyl (C=O) groups excluding carboxylic acids is 2. The standard InChI is InChI=1S/C23H35N3O4/c1-17(2)15-25-21(28)23(10-13-24(14-11-23)18(3)16-27)26(22(25)29)12-9-19-5-7-20(30-4)8-6-19/h5-8,17-18,27H,9-16H2,1-4H3. The van der Waals surface area contributed by atoms with Gasteiger partial charge in [0.2, 0.25) is 0 Å². The van der Waals surface area contributed by atoms with Crippen LogP contribution >= 0.6 is 0 Å². The van der Waals surface area contributed by atoms with Gasteiger partial charge in [-0.15, -0.1) is 0 Å². The normalized spacial score (nSPS) is 20.5. The summed E-state index contributed by atoms with van der Waals surface area (Å²) in [5.41, 5.74) is 0.351. The topological polar surface area (TPSA) is 73.3 Å². The van der Waals surface area contributed by atoms with E-state index in [4.69, 9.17) is 4.74 Å². The quantitative estimate of drug-likeness (QED) is 0.658. The van der Waals surface area contributed by atoms with Crippen molar-refractivity contribution in [2.45, 2.75) is 51.6 Å². The second kappa shape index (κ2) is 9.35. The molecule has 2 aliphatic rings. The van der Waals surface area contributed by atoms with Crippen LogP contribution in [0.4, 0.5) is 4.79 Å². The van der Waals surface area contributed by atoms with E-state index in [1.807, 2.05) is 49.9 Å². The molecule has 30 heavy (non-hydrogen) atoms. The number of methoxy groups -OCH3 is 1. The van der Waals surface area contributed by atoms with Crippen molar-refractivity contribution in [1.82, 2.24) is 14.7 Å². The first-order valence-corrected chi connectivity index (χ1v) is 10.9. The van der Waals surface area contributed by atoms with E-state index in [0.29, 0.717) is 45.4 Å². The highest BCUT2D eigenvalue weighted by atomic mass is 16.5. The molecule has 2 fully saturated rings. The SMILES string of the molecule is COc1ccc(CCN2C(=O)N(CC(C)C)C(=O)C23CCN(C(C)CO)CC3)cc1. The van der Waals surface area contributed by atoms with Crippen LogP contribution < -0.4 is 4.74 Å². The van der Waals surface area contributed by atoms with E-state index in [1.165, 1.54) is 4.90 Å². The highest BCUT2D eigenvalue weighted by Gasteiger charge is 2.57. The number of hydrogen-bond acceptors (Lipinski definition) is 5. The van der Waals surface area contributed by atoms with Gasteiger partial charge in [-0.2, -0.15) is 0 Å². The molecule has 0 radical (unpaired) electrons. The van der Waals surface area contributed by atoms with E-state index in [0.717, 1.165) is 11.3 Å². The number of aliphatic hydroxyl groups excluding tert-OH is 1. The summed E-state index contributed by atoms with van der Waals surface area (Å²) in [4.78, 5) is 32.2. The van der Waals surface area contributed by atoms with Crippen molar-refractivity contribution in [2.24, 2.45) is 5.92 Å². The maximum Gasteiger partial charge on any atom is 0.327 e. The van der Waals surface area contributed by atoms with E-state index in [2.05, 4.69) is 4.90 Å². The Morgan fingerprint density at radius 3 is 2.27 bits per heavy atom. The smallest absolute Gasteiger partial charge is 0.327 e. The van der Waals surface area contributed by atoms with Gasteiger partial charge in [0.25, 0.3) is 5.91 Å². The molecule has 166 valence electrons. The summed E-state index contributed by atoms with van der Waals surface area (Å²) in [5.74, 6) is 0.981. The van der Waals surface area contributed by atoms with Gasteiger partial charge in [0.15, 0.2) is 0 Å². The average Bonchev–Trinajstić information content (AvgIpc) is 2.93. The molecular formula is C23H35N3O4. The van der Waals surface area contributed by atoms with Crippen molar-refractivity contribution in [3.8, 4) is 5.75 Å². The molecule has 3 rings (SSSR count). The summed E-state index contributed by atoms with van der Waals surface area (Å²) < 4.78 is 5.22. The molecule has 1 atom stereocenters. The lowest BCUT2D eigenvalue weighted by molar-refractivity contribution is -0.136. The average molecular weight is 418 g/mol. The third-order valence-electron chi connectivity index (χ3n) is 6.47. The number of imide groups is 1. The van der Waals surface area contributed by atoms with E-state index >= 15 is 0 Å². The number of hydrogen-bond donors (Lipinski definition) is 1. The number of urea groups is 1. The van der Waals surface area contributed by atoms with Gasteiger partial charge in [-0.05, 0) is 49.8 Å². The van der Waals surface area contributed by atoms with Crippen LogP contribution in [0.3, 0.4) is 0 Å². The Hall–Kier alpha value is -2.12. The zero-order chi connectivity index (χ0) is 21.9. The minimum atomic E-state index is -0.760. The minimum Gasteiger partial charge on any atom is -0.497 e. The van der Waals surface area contributed by atoms with E-state index in [-0.39, 0.29) is 30.5 Å². The van der Waals surface area contributed by atoms with Crippen LogP contribution in [0.15, 0.2) is 24.3 Å². The number of rotatable bonds is 8. The van der Waals surface area contributed by atoms with Crippen LogP contribution in [-0.2, 0) is 11.2 Å². The minimum absolute atomic E-state index is 0.0489. The fourth-order valence-electron chi connectivity index (χ4n) is 4.59. The van der Waals surface area contributed by atoms with Crippen LogP contribution in [0.2, 0.25) is 0 Å². The summed E-state index contributed by atoms with van der Waals surface area (Å²) in [6, 6.07) is 7.75.